The molecule has 2 amide bonds. The Morgan fingerprint density at radius 2 is 1.79 bits per heavy atom. The van der Waals surface area contributed by atoms with Crippen molar-refractivity contribution in [2.24, 2.45) is 11.8 Å². The molecular formula is C19H36N2O7S. The Kier molecular flexibility index (Phi) is 12.1. The normalized spacial score (nSPS) is 29.1. The first-order chi connectivity index (χ1) is 13.7. The lowest BCUT2D eigenvalue weighted by molar-refractivity contribution is -0.294. The maximum atomic E-state index is 12.3. The predicted molar refractivity (Wildman–Crippen MR) is 110 cm³/mol. The molecule has 170 valence electrons. The lowest BCUT2D eigenvalue weighted by atomic mass is 9.92. The van der Waals surface area contributed by atoms with Gasteiger partial charge in [-0.2, -0.15) is 12.6 Å². The van der Waals surface area contributed by atoms with E-state index in [1.165, 1.54) is 0 Å². The van der Waals surface area contributed by atoms with Crippen molar-refractivity contribution in [3.63, 3.8) is 0 Å². The summed E-state index contributed by atoms with van der Waals surface area (Å²) < 4.78 is 11.3. The van der Waals surface area contributed by atoms with Gasteiger partial charge in [-0.05, 0) is 25.5 Å². The number of amides is 2. The van der Waals surface area contributed by atoms with Gasteiger partial charge in [-0.1, -0.05) is 13.8 Å². The molecule has 0 spiro atoms. The van der Waals surface area contributed by atoms with E-state index in [-0.39, 0.29) is 11.8 Å². The van der Waals surface area contributed by atoms with Crippen molar-refractivity contribution in [1.29, 1.82) is 0 Å². The maximum absolute atomic E-state index is 12.3. The molecule has 0 saturated carbocycles. The number of hydrogen-bond acceptors (Lipinski definition) is 8. The molecule has 1 heterocycles. The third-order valence-corrected chi connectivity index (χ3v) is 5.51. The number of ether oxygens (including phenoxy) is 2. The number of thiol groups is 1. The molecule has 29 heavy (non-hydrogen) atoms. The zero-order chi connectivity index (χ0) is 22.0. The van der Waals surface area contributed by atoms with Crippen molar-refractivity contribution in [1.82, 2.24) is 10.6 Å². The van der Waals surface area contributed by atoms with E-state index in [1.54, 1.807) is 20.8 Å². The van der Waals surface area contributed by atoms with Crippen LogP contribution in [-0.2, 0) is 19.1 Å². The van der Waals surface area contributed by atoms with Crippen LogP contribution in [0.5, 0.6) is 0 Å². The first-order valence-electron chi connectivity index (χ1n) is 10.2. The summed E-state index contributed by atoms with van der Waals surface area (Å²) >= 11 is 4.06. The molecular weight excluding hydrogens is 400 g/mol. The Balaban J connectivity index is 2.36. The summed E-state index contributed by atoms with van der Waals surface area (Å²) in [6.45, 7) is 5.60. The summed E-state index contributed by atoms with van der Waals surface area (Å²) in [4.78, 5) is 23.8. The van der Waals surface area contributed by atoms with Gasteiger partial charge in [-0.25, -0.2) is 0 Å². The second-order valence-electron chi connectivity index (χ2n) is 7.52. The highest BCUT2D eigenvalue weighted by atomic mass is 32.1. The highest BCUT2D eigenvalue weighted by Gasteiger charge is 2.43. The largest absolute Gasteiger partial charge is 0.394 e. The number of rotatable bonds is 12. The van der Waals surface area contributed by atoms with Crippen LogP contribution in [0, 0.1) is 11.8 Å². The van der Waals surface area contributed by atoms with E-state index in [9.17, 15) is 24.9 Å². The Morgan fingerprint density at radius 1 is 1.14 bits per heavy atom. The quantitative estimate of drug-likeness (QED) is 0.178. The van der Waals surface area contributed by atoms with Crippen LogP contribution < -0.4 is 10.6 Å². The molecule has 7 atom stereocenters. The van der Waals surface area contributed by atoms with E-state index in [4.69, 9.17) is 9.47 Å². The Morgan fingerprint density at radius 3 is 2.41 bits per heavy atom. The van der Waals surface area contributed by atoms with Gasteiger partial charge in [0.2, 0.25) is 11.8 Å². The molecule has 1 fully saturated rings. The van der Waals surface area contributed by atoms with Gasteiger partial charge in [-0.15, -0.1) is 0 Å². The summed E-state index contributed by atoms with van der Waals surface area (Å²) in [6.07, 6.45) is -2.77. The van der Waals surface area contributed by atoms with Gasteiger partial charge in [0, 0.05) is 25.4 Å². The van der Waals surface area contributed by atoms with Crippen molar-refractivity contribution in [3.8, 4) is 0 Å². The fourth-order valence-electron chi connectivity index (χ4n) is 2.94. The van der Waals surface area contributed by atoms with Gasteiger partial charge in [0.05, 0.1) is 24.7 Å². The van der Waals surface area contributed by atoms with Gasteiger partial charge in [0.1, 0.15) is 12.2 Å². The molecule has 9 nitrogen and oxygen atoms in total. The van der Waals surface area contributed by atoms with Gasteiger partial charge in [0.25, 0.3) is 0 Å². The third kappa shape index (κ3) is 8.39. The van der Waals surface area contributed by atoms with E-state index >= 15 is 0 Å². The Bertz CT molecular complexity index is 509. The van der Waals surface area contributed by atoms with E-state index in [0.29, 0.717) is 31.7 Å². The number of carbonyl (C=O) groups excluding carboxylic acids is 2. The lowest BCUT2D eigenvalue weighted by Gasteiger charge is -2.42. The molecule has 0 radical (unpaired) electrons. The van der Waals surface area contributed by atoms with Crippen LogP contribution in [0.2, 0.25) is 0 Å². The monoisotopic (exact) mass is 436 g/mol. The van der Waals surface area contributed by atoms with E-state index < -0.39 is 49.1 Å². The highest BCUT2D eigenvalue weighted by Crippen LogP contribution is 2.28. The molecule has 1 rings (SSSR count). The molecule has 4 unspecified atom stereocenters. The number of carbonyl (C=O) groups is 2. The van der Waals surface area contributed by atoms with Crippen LogP contribution in [0.1, 0.15) is 40.0 Å². The molecule has 0 aromatic carbocycles. The molecule has 0 aromatic rings. The van der Waals surface area contributed by atoms with E-state index in [0.717, 1.165) is 6.42 Å². The van der Waals surface area contributed by atoms with Gasteiger partial charge < -0.3 is 35.4 Å². The van der Waals surface area contributed by atoms with E-state index in [2.05, 4.69) is 23.3 Å². The first kappa shape index (κ1) is 26.1. The fourth-order valence-corrected chi connectivity index (χ4v) is 3.09. The SMILES string of the molecule is CC(O[C@H]1OC(CO)[C@H](O)[C@H](O)C1C)C(C)C(=O)NCCCNC(=O)CCCS. The molecule has 0 bridgehead atoms. The molecule has 1 saturated heterocycles. The van der Waals surface area contributed by atoms with Crippen LogP contribution in [0.4, 0.5) is 0 Å². The highest BCUT2D eigenvalue weighted by molar-refractivity contribution is 7.80. The second-order valence-corrected chi connectivity index (χ2v) is 7.96. The van der Waals surface area contributed by atoms with Crippen LogP contribution in [-0.4, -0.2) is 83.3 Å². The van der Waals surface area contributed by atoms with E-state index in [1.807, 2.05) is 0 Å². The zero-order valence-corrected chi connectivity index (χ0v) is 18.3. The summed E-state index contributed by atoms with van der Waals surface area (Å²) in [5, 5.41) is 34.9. The minimum Gasteiger partial charge on any atom is -0.394 e. The zero-order valence-electron chi connectivity index (χ0n) is 17.4. The van der Waals surface area contributed by atoms with Crippen molar-refractivity contribution in [2.45, 2.75) is 70.7 Å². The Labute approximate surface area is 177 Å². The smallest absolute Gasteiger partial charge is 0.225 e. The topological polar surface area (TPSA) is 137 Å². The van der Waals surface area contributed by atoms with Crippen LogP contribution >= 0.6 is 12.6 Å². The minimum absolute atomic E-state index is 0.0177. The van der Waals surface area contributed by atoms with Crippen LogP contribution in [0.15, 0.2) is 0 Å². The average Bonchev–Trinajstić information content (AvgIpc) is 2.71. The molecule has 10 heteroatoms. The molecule has 1 aliphatic heterocycles. The summed E-state index contributed by atoms with van der Waals surface area (Å²) in [7, 11) is 0. The summed E-state index contributed by atoms with van der Waals surface area (Å²) in [5.74, 6) is -0.534. The number of aliphatic hydroxyl groups excluding tert-OH is 3. The van der Waals surface area contributed by atoms with Crippen molar-refractivity contribution < 1.29 is 34.4 Å². The Hall–Kier alpha value is -0.910. The van der Waals surface area contributed by atoms with Crippen molar-refractivity contribution >= 4 is 24.4 Å². The van der Waals surface area contributed by atoms with Gasteiger partial charge in [0.15, 0.2) is 6.29 Å². The fraction of sp³-hybridized carbons (Fsp3) is 0.895. The summed E-state index contributed by atoms with van der Waals surface area (Å²) in [6, 6.07) is 0. The predicted octanol–water partition coefficient (Wildman–Crippen LogP) is -0.565. The third-order valence-electron chi connectivity index (χ3n) is 5.19. The average molecular weight is 437 g/mol. The maximum Gasteiger partial charge on any atom is 0.225 e. The van der Waals surface area contributed by atoms with Crippen molar-refractivity contribution in [3.05, 3.63) is 0 Å². The lowest BCUT2D eigenvalue weighted by Crippen LogP contribution is -2.56. The first-order valence-corrected chi connectivity index (χ1v) is 10.8. The number of nitrogens with one attached hydrogen (secondary N) is 2. The number of aliphatic hydroxyl groups is 3. The van der Waals surface area contributed by atoms with Gasteiger partial charge in [-0.3, -0.25) is 9.59 Å². The minimum atomic E-state index is -1.19. The van der Waals surface area contributed by atoms with Crippen molar-refractivity contribution in [2.75, 3.05) is 25.4 Å². The standard InChI is InChI=1S/C19H36N2O7S/c1-11(18(26)21-8-5-7-20-15(23)6-4-9-29)13(3)27-19-12(2)16(24)17(25)14(10-22)28-19/h11-14,16-17,19,22,24-25,29H,4-10H2,1-3H3,(H,20,23)(H,21,26)/t11?,12?,13?,14?,16-,17+,19+/m1/s1. The number of hydrogen-bond donors (Lipinski definition) is 6. The van der Waals surface area contributed by atoms with Crippen LogP contribution in [0.25, 0.3) is 0 Å². The summed E-state index contributed by atoms with van der Waals surface area (Å²) in [5.41, 5.74) is 0. The van der Waals surface area contributed by atoms with Crippen LogP contribution in [0.3, 0.4) is 0 Å². The second kappa shape index (κ2) is 13.4. The van der Waals surface area contributed by atoms with Gasteiger partial charge >= 0.3 is 0 Å². The molecule has 1 aliphatic rings. The molecule has 5 N–H and O–H groups in total. The molecule has 0 aliphatic carbocycles. The molecule has 0 aromatic heterocycles.